The largest absolute Gasteiger partial charge is 0.459 e. The van der Waals surface area contributed by atoms with Crippen LogP contribution in [0.25, 0.3) is 6.08 Å². The molecule has 1 aromatic heterocycles. The number of carbonyl (C=O) groups excluding carboxylic acids is 4. The first-order valence-corrected chi connectivity index (χ1v) is 10.1. The third-order valence-electron chi connectivity index (χ3n) is 5.12. The van der Waals surface area contributed by atoms with E-state index in [4.69, 9.17) is 18.6 Å². The Morgan fingerprint density at radius 3 is 2.41 bits per heavy atom. The van der Waals surface area contributed by atoms with Gasteiger partial charge in [-0.1, -0.05) is 18.2 Å². The quantitative estimate of drug-likeness (QED) is 0.338. The number of nitrogens with one attached hydrogen (secondary N) is 1. The number of rotatable bonds is 6. The Hall–Kier alpha value is -4.86. The molecular formula is C24H16N2O8. The van der Waals surface area contributed by atoms with Crippen LogP contribution in [0, 0.1) is 0 Å². The average Bonchev–Trinajstić information content (AvgIpc) is 3.59. The average molecular weight is 460 g/mol. The van der Waals surface area contributed by atoms with Crippen molar-refractivity contribution < 1.29 is 37.8 Å². The summed E-state index contributed by atoms with van der Waals surface area (Å²) in [6.07, 6.45) is 2.68. The van der Waals surface area contributed by atoms with E-state index < -0.39 is 30.4 Å². The van der Waals surface area contributed by atoms with Gasteiger partial charge < -0.3 is 23.9 Å². The summed E-state index contributed by atoms with van der Waals surface area (Å²) >= 11 is 0. The molecule has 0 saturated carbocycles. The van der Waals surface area contributed by atoms with Gasteiger partial charge in [-0.05, 0) is 48.0 Å². The van der Waals surface area contributed by atoms with Crippen LogP contribution in [0.15, 0.2) is 71.0 Å². The van der Waals surface area contributed by atoms with Crippen molar-refractivity contribution in [3.05, 3.63) is 89.0 Å². The topological polar surface area (TPSA) is 124 Å². The van der Waals surface area contributed by atoms with Crippen molar-refractivity contribution in [2.45, 2.75) is 0 Å². The molecular weight excluding hydrogens is 444 g/mol. The fourth-order valence-corrected chi connectivity index (χ4v) is 3.46. The fraction of sp³-hybridized carbons (Fsp3) is 0.0833. The predicted octanol–water partition coefficient (Wildman–Crippen LogP) is 2.58. The summed E-state index contributed by atoms with van der Waals surface area (Å²) in [7, 11) is 0. The van der Waals surface area contributed by atoms with Gasteiger partial charge in [0.1, 0.15) is 5.70 Å². The van der Waals surface area contributed by atoms with E-state index >= 15 is 0 Å². The molecule has 0 atom stereocenters. The molecule has 2 aromatic carbocycles. The highest BCUT2D eigenvalue weighted by Crippen LogP contribution is 2.33. The molecule has 10 heteroatoms. The second-order valence-electron chi connectivity index (χ2n) is 7.25. The molecule has 0 unspecified atom stereocenters. The van der Waals surface area contributed by atoms with E-state index in [1.54, 1.807) is 30.3 Å². The van der Waals surface area contributed by atoms with E-state index in [9.17, 15) is 19.2 Å². The summed E-state index contributed by atoms with van der Waals surface area (Å²) in [6, 6.07) is 14.2. The summed E-state index contributed by atoms with van der Waals surface area (Å²) < 4.78 is 20.9. The number of hydrogen-bond donors (Lipinski definition) is 1. The molecule has 3 amide bonds. The maximum absolute atomic E-state index is 12.9. The standard InChI is InChI=1S/C24H16N2O8/c27-21(19-6-3-9-31-19)25-17(10-14-7-8-18-20(11-14)34-13-33-18)24(30)32-12-26-22(28)15-4-1-2-5-16(15)23(26)29/h1-11H,12-13H2,(H,25,27)/b17-10-. The van der Waals surface area contributed by atoms with Gasteiger partial charge in [-0.3, -0.25) is 14.4 Å². The first-order valence-electron chi connectivity index (χ1n) is 10.1. The van der Waals surface area contributed by atoms with Crippen molar-refractivity contribution in [2.75, 3.05) is 13.5 Å². The van der Waals surface area contributed by atoms with Crippen LogP contribution in [-0.4, -0.2) is 42.1 Å². The van der Waals surface area contributed by atoms with Crippen LogP contribution in [-0.2, 0) is 9.53 Å². The number of amides is 3. The number of carbonyl (C=O) groups is 4. The molecule has 0 aliphatic carbocycles. The van der Waals surface area contributed by atoms with Crippen LogP contribution in [0.1, 0.15) is 36.8 Å². The van der Waals surface area contributed by atoms with E-state index in [0.717, 1.165) is 4.90 Å². The zero-order valence-corrected chi connectivity index (χ0v) is 17.5. The van der Waals surface area contributed by atoms with Gasteiger partial charge in [0.2, 0.25) is 6.79 Å². The number of ether oxygens (including phenoxy) is 3. The van der Waals surface area contributed by atoms with Crippen molar-refractivity contribution >= 4 is 29.8 Å². The summed E-state index contributed by atoms with van der Waals surface area (Å²) in [5, 5.41) is 2.44. The molecule has 170 valence electrons. The second-order valence-corrected chi connectivity index (χ2v) is 7.25. The number of benzene rings is 2. The van der Waals surface area contributed by atoms with E-state index in [1.165, 1.54) is 36.6 Å². The smallest absolute Gasteiger partial charge is 0.356 e. The maximum Gasteiger partial charge on any atom is 0.356 e. The zero-order valence-electron chi connectivity index (χ0n) is 17.5. The number of furan rings is 1. The third-order valence-corrected chi connectivity index (χ3v) is 5.12. The van der Waals surface area contributed by atoms with Gasteiger partial charge in [0.05, 0.1) is 17.4 Å². The number of esters is 1. The van der Waals surface area contributed by atoms with Crippen LogP contribution in [0.4, 0.5) is 0 Å². The van der Waals surface area contributed by atoms with Gasteiger partial charge in [0, 0.05) is 0 Å². The Morgan fingerprint density at radius 2 is 1.71 bits per heavy atom. The molecule has 3 heterocycles. The van der Waals surface area contributed by atoms with Crippen molar-refractivity contribution in [3.8, 4) is 11.5 Å². The van der Waals surface area contributed by atoms with Crippen LogP contribution < -0.4 is 14.8 Å². The monoisotopic (exact) mass is 460 g/mol. The highest BCUT2D eigenvalue weighted by atomic mass is 16.7. The van der Waals surface area contributed by atoms with E-state index in [2.05, 4.69) is 5.32 Å². The molecule has 2 aliphatic heterocycles. The summed E-state index contributed by atoms with van der Waals surface area (Å²) in [4.78, 5) is 51.2. The highest BCUT2D eigenvalue weighted by molar-refractivity contribution is 6.21. The van der Waals surface area contributed by atoms with Gasteiger partial charge in [-0.25, -0.2) is 9.69 Å². The molecule has 1 N–H and O–H groups in total. The second kappa shape index (κ2) is 8.58. The summed E-state index contributed by atoms with van der Waals surface area (Å²) in [5.41, 5.74) is 0.727. The Morgan fingerprint density at radius 1 is 0.971 bits per heavy atom. The minimum Gasteiger partial charge on any atom is -0.459 e. The first kappa shape index (κ1) is 21.0. The lowest BCUT2D eigenvalue weighted by molar-refractivity contribution is -0.141. The van der Waals surface area contributed by atoms with Crippen molar-refractivity contribution in [2.24, 2.45) is 0 Å². The lowest BCUT2D eigenvalue weighted by Crippen LogP contribution is -2.35. The molecule has 0 fully saturated rings. The Kier molecular flexibility index (Phi) is 5.30. The van der Waals surface area contributed by atoms with Crippen LogP contribution >= 0.6 is 0 Å². The molecule has 0 radical (unpaired) electrons. The molecule has 34 heavy (non-hydrogen) atoms. The maximum atomic E-state index is 12.9. The number of imide groups is 1. The number of hydrogen-bond acceptors (Lipinski definition) is 8. The number of nitrogens with zero attached hydrogens (tertiary/aromatic N) is 1. The van der Waals surface area contributed by atoms with Gasteiger partial charge in [0.25, 0.3) is 17.7 Å². The molecule has 5 rings (SSSR count). The Balaban J connectivity index is 1.36. The summed E-state index contributed by atoms with van der Waals surface area (Å²) in [6.45, 7) is -0.548. The fourth-order valence-electron chi connectivity index (χ4n) is 3.46. The molecule has 2 aliphatic rings. The first-order chi connectivity index (χ1) is 16.5. The van der Waals surface area contributed by atoms with Gasteiger partial charge in [-0.2, -0.15) is 0 Å². The predicted molar refractivity (Wildman–Crippen MR) is 115 cm³/mol. The van der Waals surface area contributed by atoms with Gasteiger partial charge in [0.15, 0.2) is 24.0 Å². The third kappa shape index (κ3) is 3.88. The normalized spacial score (nSPS) is 14.2. The number of fused-ring (bicyclic) bond motifs is 2. The molecule has 0 spiro atoms. The molecule has 3 aromatic rings. The van der Waals surface area contributed by atoms with Crippen molar-refractivity contribution in [1.29, 1.82) is 0 Å². The van der Waals surface area contributed by atoms with Gasteiger partial charge >= 0.3 is 5.97 Å². The Bertz CT molecular complexity index is 1310. The minimum absolute atomic E-state index is 0.0234. The minimum atomic E-state index is -0.964. The van der Waals surface area contributed by atoms with E-state index in [1.807, 2.05) is 0 Å². The molecule has 10 nitrogen and oxygen atoms in total. The van der Waals surface area contributed by atoms with Crippen molar-refractivity contribution in [3.63, 3.8) is 0 Å². The lowest BCUT2D eigenvalue weighted by Gasteiger charge is -2.15. The van der Waals surface area contributed by atoms with Crippen LogP contribution in [0.3, 0.4) is 0 Å². The SMILES string of the molecule is O=C(OCN1C(=O)c2ccccc2C1=O)/C(=C/c1ccc2c(c1)OCO2)NC(=O)c1ccco1. The zero-order chi connectivity index (χ0) is 23.7. The van der Waals surface area contributed by atoms with Crippen LogP contribution in [0.2, 0.25) is 0 Å². The molecule has 0 saturated heterocycles. The van der Waals surface area contributed by atoms with E-state index in [-0.39, 0.29) is 29.4 Å². The van der Waals surface area contributed by atoms with Crippen molar-refractivity contribution in [1.82, 2.24) is 10.2 Å². The molecule has 0 bridgehead atoms. The van der Waals surface area contributed by atoms with E-state index in [0.29, 0.717) is 17.1 Å². The highest BCUT2D eigenvalue weighted by Gasteiger charge is 2.36. The summed E-state index contributed by atoms with van der Waals surface area (Å²) in [5.74, 6) is -1.80. The van der Waals surface area contributed by atoms with Crippen LogP contribution in [0.5, 0.6) is 11.5 Å². The lowest BCUT2D eigenvalue weighted by atomic mass is 10.1. The Labute approximate surface area is 192 Å². The van der Waals surface area contributed by atoms with Gasteiger partial charge in [-0.15, -0.1) is 0 Å².